The fourth-order valence-corrected chi connectivity index (χ4v) is 2.69. The fourth-order valence-electron chi connectivity index (χ4n) is 1.82. The Hall–Kier alpha value is -2.53. The molecular formula is C16H13N3OS. The molecule has 3 aromatic rings. The van der Waals surface area contributed by atoms with Gasteiger partial charge >= 0.3 is 0 Å². The molecule has 2 aromatic heterocycles. The van der Waals surface area contributed by atoms with E-state index in [0.717, 1.165) is 20.8 Å². The second kappa shape index (κ2) is 5.85. The number of rotatable bonds is 3. The lowest BCUT2D eigenvalue weighted by atomic mass is 10.3. The second-order valence-electron chi connectivity index (χ2n) is 4.56. The van der Waals surface area contributed by atoms with Crippen molar-refractivity contribution in [1.29, 1.82) is 0 Å². The van der Waals surface area contributed by atoms with Crippen molar-refractivity contribution in [2.75, 3.05) is 5.32 Å². The molecular weight excluding hydrogens is 282 g/mol. The number of fused-ring (bicyclic) bond motifs is 1. The highest BCUT2D eigenvalue weighted by Crippen LogP contribution is 2.22. The zero-order valence-electron chi connectivity index (χ0n) is 11.4. The first-order valence-corrected chi connectivity index (χ1v) is 7.30. The Morgan fingerprint density at radius 1 is 1.24 bits per heavy atom. The number of carbonyl (C=O) groups is 1. The van der Waals surface area contributed by atoms with Crippen molar-refractivity contribution in [3.05, 3.63) is 59.2 Å². The largest absolute Gasteiger partial charge is 0.307 e. The summed E-state index contributed by atoms with van der Waals surface area (Å²) in [5.41, 5.74) is 2.00. The molecule has 2 heterocycles. The molecule has 0 spiro atoms. The van der Waals surface area contributed by atoms with Crippen LogP contribution >= 0.6 is 11.3 Å². The van der Waals surface area contributed by atoms with E-state index in [1.165, 1.54) is 6.08 Å². The summed E-state index contributed by atoms with van der Waals surface area (Å²) in [7, 11) is 0. The molecule has 4 nitrogen and oxygen atoms in total. The second-order valence-corrected chi connectivity index (χ2v) is 5.63. The van der Waals surface area contributed by atoms with Gasteiger partial charge in [0.1, 0.15) is 10.8 Å². The molecule has 0 aliphatic rings. The maximum Gasteiger partial charge on any atom is 0.249 e. The Balaban J connectivity index is 1.70. The number of nitrogens with one attached hydrogen (secondary N) is 1. The highest BCUT2D eigenvalue weighted by Gasteiger charge is 2.02. The summed E-state index contributed by atoms with van der Waals surface area (Å²) in [5, 5.41) is 3.52. The molecule has 0 saturated heterocycles. The van der Waals surface area contributed by atoms with E-state index in [-0.39, 0.29) is 5.91 Å². The zero-order chi connectivity index (χ0) is 14.7. The Morgan fingerprint density at radius 3 is 2.86 bits per heavy atom. The van der Waals surface area contributed by atoms with Gasteiger partial charge in [0, 0.05) is 12.3 Å². The van der Waals surface area contributed by atoms with E-state index in [0.29, 0.717) is 5.82 Å². The van der Waals surface area contributed by atoms with Crippen molar-refractivity contribution < 1.29 is 4.79 Å². The van der Waals surface area contributed by atoms with Gasteiger partial charge in [0.2, 0.25) is 5.91 Å². The minimum absolute atomic E-state index is 0.217. The molecule has 0 fully saturated rings. The normalized spacial score (nSPS) is 11.1. The predicted octanol–water partition coefficient (Wildman–Crippen LogP) is 3.65. The molecule has 21 heavy (non-hydrogen) atoms. The van der Waals surface area contributed by atoms with Crippen LogP contribution in [0.5, 0.6) is 0 Å². The van der Waals surface area contributed by atoms with Crippen molar-refractivity contribution in [3.8, 4) is 0 Å². The summed E-state index contributed by atoms with van der Waals surface area (Å²) in [4.78, 5) is 20.4. The van der Waals surface area contributed by atoms with Gasteiger partial charge in [-0.25, -0.2) is 9.97 Å². The maximum absolute atomic E-state index is 11.8. The summed E-state index contributed by atoms with van der Waals surface area (Å²) in [5.74, 6) is 0.324. The standard InChI is InChI=1S/C16H13N3OS/c1-11-6-7-14(17-10-11)19-15(20)8-9-16-18-12-4-2-3-5-13(12)21-16/h2-10H,1H3,(H,17,19,20)/b9-8+. The van der Waals surface area contributed by atoms with Crippen molar-refractivity contribution in [2.24, 2.45) is 0 Å². The first-order valence-electron chi connectivity index (χ1n) is 6.48. The molecule has 3 rings (SSSR count). The van der Waals surface area contributed by atoms with Gasteiger partial charge in [-0.15, -0.1) is 11.3 Å². The maximum atomic E-state index is 11.8. The smallest absolute Gasteiger partial charge is 0.249 e. The number of aryl methyl sites for hydroxylation is 1. The van der Waals surface area contributed by atoms with Crippen molar-refractivity contribution in [1.82, 2.24) is 9.97 Å². The minimum atomic E-state index is -0.217. The third-order valence-corrected chi connectivity index (χ3v) is 3.85. The average molecular weight is 295 g/mol. The molecule has 5 heteroatoms. The van der Waals surface area contributed by atoms with Crippen LogP contribution in [0.2, 0.25) is 0 Å². The number of benzene rings is 1. The summed E-state index contributed by atoms with van der Waals surface area (Å²) < 4.78 is 1.11. The monoisotopic (exact) mass is 295 g/mol. The topological polar surface area (TPSA) is 54.9 Å². The molecule has 0 radical (unpaired) electrons. The van der Waals surface area contributed by atoms with E-state index in [9.17, 15) is 4.79 Å². The number of nitrogens with zero attached hydrogens (tertiary/aromatic N) is 2. The summed E-state index contributed by atoms with van der Waals surface area (Å²) in [6.07, 6.45) is 4.90. The quantitative estimate of drug-likeness (QED) is 0.750. The number of para-hydroxylation sites is 1. The lowest BCUT2D eigenvalue weighted by molar-refractivity contribution is -0.111. The molecule has 0 aliphatic heterocycles. The van der Waals surface area contributed by atoms with Crippen molar-refractivity contribution in [2.45, 2.75) is 6.92 Å². The highest BCUT2D eigenvalue weighted by atomic mass is 32.1. The molecule has 0 bridgehead atoms. The Labute approximate surface area is 126 Å². The number of thiazole rings is 1. The van der Waals surface area contributed by atoms with E-state index in [4.69, 9.17) is 0 Å². The predicted molar refractivity (Wildman–Crippen MR) is 86.3 cm³/mol. The van der Waals surface area contributed by atoms with E-state index in [1.807, 2.05) is 37.3 Å². The summed E-state index contributed by atoms with van der Waals surface area (Å²) in [6, 6.07) is 11.6. The third kappa shape index (κ3) is 3.32. The van der Waals surface area contributed by atoms with E-state index in [2.05, 4.69) is 15.3 Å². The van der Waals surface area contributed by atoms with Crippen LogP contribution in [-0.4, -0.2) is 15.9 Å². The number of amides is 1. The minimum Gasteiger partial charge on any atom is -0.307 e. The van der Waals surface area contributed by atoms with Crippen molar-refractivity contribution >= 4 is 39.4 Å². The Bertz CT molecular complexity index is 773. The Morgan fingerprint density at radius 2 is 2.10 bits per heavy atom. The van der Waals surface area contributed by atoms with Gasteiger partial charge in [0.05, 0.1) is 10.2 Å². The Kier molecular flexibility index (Phi) is 3.75. The number of hydrogen-bond acceptors (Lipinski definition) is 4. The molecule has 104 valence electrons. The van der Waals surface area contributed by atoms with Crippen LogP contribution in [0, 0.1) is 6.92 Å². The number of hydrogen-bond donors (Lipinski definition) is 1. The number of aromatic nitrogens is 2. The van der Waals surface area contributed by atoms with E-state index in [1.54, 1.807) is 29.7 Å². The zero-order valence-corrected chi connectivity index (χ0v) is 12.2. The molecule has 0 atom stereocenters. The van der Waals surface area contributed by atoms with Crippen molar-refractivity contribution in [3.63, 3.8) is 0 Å². The molecule has 1 amide bonds. The van der Waals surface area contributed by atoms with Gasteiger partial charge in [0.25, 0.3) is 0 Å². The summed E-state index contributed by atoms with van der Waals surface area (Å²) in [6.45, 7) is 1.95. The highest BCUT2D eigenvalue weighted by molar-refractivity contribution is 7.19. The van der Waals surface area contributed by atoms with Crippen LogP contribution in [0.25, 0.3) is 16.3 Å². The summed E-state index contributed by atoms with van der Waals surface area (Å²) >= 11 is 1.55. The lowest BCUT2D eigenvalue weighted by Crippen LogP contribution is -2.08. The first-order chi connectivity index (χ1) is 10.2. The molecule has 1 N–H and O–H groups in total. The van der Waals surface area contributed by atoms with Crippen LogP contribution in [0.1, 0.15) is 10.6 Å². The van der Waals surface area contributed by atoms with Crippen LogP contribution in [-0.2, 0) is 4.79 Å². The van der Waals surface area contributed by atoms with Gasteiger partial charge in [-0.05, 0) is 36.8 Å². The van der Waals surface area contributed by atoms with E-state index >= 15 is 0 Å². The molecule has 0 saturated carbocycles. The van der Waals surface area contributed by atoms with Crippen LogP contribution in [0.4, 0.5) is 5.82 Å². The van der Waals surface area contributed by atoms with Gasteiger partial charge in [-0.2, -0.15) is 0 Å². The van der Waals surface area contributed by atoms with Crippen LogP contribution < -0.4 is 5.32 Å². The van der Waals surface area contributed by atoms with Gasteiger partial charge in [0.15, 0.2) is 0 Å². The lowest BCUT2D eigenvalue weighted by Gasteiger charge is -2.00. The molecule has 0 unspecified atom stereocenters. The first kappa shape index (κ1) is 13.5. The van der Waals surface area contributed by atoms with E-state index < -0.39 is 0 Å². The van der Waals surface area contributed by atoms with Gasteiger partial charge < -0.3 is 5.32 Å². The van der Waals surface area contributed by atoms with Crippen LogP contribution in [0.3, 0.4) is 0 Å². The number of carbonyl (C=O) groups excluding carboxylic acids is 1. The van der Waals surface area contributed by atoms with Gasteiger partial charge in [-0.3, -0.25) is 4.79 Å². The number of pyridine rings is 1. The SMILES string of the molecule is Cc1ccc(NC(=O)/C=C/c2nc3ccccc3s2)nc1. The molecule has 1 aromatic carbocycles. The number of anilines is 1. The van der Waals surface area contributed by atoms with Crippen LogP contribution in [0.15, 0.2) is 48.7 Å². The average Bonchev–Trinajstić information content (AvgIpc) is 2.90. The molecule has 0 aliphatic carbocycles. The third-order valence-electron chi connectivity index (χ3n) is 2.85. The fraction of sp³-hybridized carbons (Fsp3) is 0.0625. The van der Waals surface area contributed by atoms with Gasteiger partial charge in [-0.1, -0.05) is 18.2 Å².